The van der Waals surface area contributed by atoms with Crippen molar-refractivity contribution in [3.05, 3.63) is 17.0 Å². The molecule has 2 saturated heterocycles. The number of hydrogen-bond acceptors (Lipinski definition) is 4. The van der Waals surface area contributed by atoms with Gasteiger partial charge in [0.2, 0.25) is 5.91 Å². The summed E-state index contributed by atoms with van der Waals surface area (Å²) >= 11 is 0. The number of aliphatic carboxylic acids is 1. The van der Waals surface area contributed by atoms with Crippen molar-refractivity contribution >= 4 is 11.9 Å². The topological polar surface area (TPSA) is 78.7 Å². The fraction of sp³-hybridized carbons (Fsp3) is 0.722. The van der Waals surface area contributed by atoms with Gasteiger partial charge >= 0.3 is 5.97 Å². The highest BCUT2D eigenvalue weighted by molar-refractivity contribution is 5.81. The number of fused-ring (bicyclic) bond motifs is 1. The maximum Gasteiger partial charge on any atom is 0.313 e. The molecular formula is C18H28N4O3. The smallest absolute Gasteiger partial charge is 0.313 e. The van der Waals surface area contributed by atoms with Crippen molar-refractivity contribution in [2.24, 2.45) is 18.4 Å². The molecule has 7 heteroatoms. The van der Waals surface area contributed by atoms with E-state index in [4.69, 9.17) is 0 Å². The Morgan fingerprint density at radius 1 is 1.28 bits per heavy atom. The molecule has 1 N–H and O–H groups in total. The van der Waals surface area contributed by atoms with E-state index in [0.29, 0.717) is 32.5 Å². The van der Waals surface area contributed by atoms with E-state index in [0.717, 1.165) is 29.9 Å². The van der Waals surface area contributed by atoms with Gasteiger partial charge in [0.15, 0.2) is 0 Å². The molecule has 2 aliphatic rings. The van der Waals surface area contributed by atoms with Gasteiger partial charge in [0.05, 0.1) is 5.69 Å². The summed E-state index contributed by atoms with van der Waals surface area (Å²) in [5.74, 6) is -0.648. The Hall–Kier alpha value is -1.89. The van der Waals surface area contributed by atoms with Crippen molar-refractivity contribution in [2.45, 2.75) is 33.1 Å². The number of aromatic nitrogens is 2. The number of carbonyl (C=O) groups is 2. The van der Waals surface area contributed by atoms with Crippen LogP contribution >= 0.6 is 0 Å². The van der Waals surface area contributed by atoms with Crippen molar-refractivity contribution in [2.75, 3.05) is 33.2 Å². The zero-order chi connectivity index (χ0) is 18.4. The van der Waals surface area contributed by atoms with Crippen LogP contribution in [-0.2, 0) is 23.1 Å². The quantitative estimate of drug-likeness (QED) is 0.872. The minimum Gasteiger partial charge on any atom is -0.481 e. The van der Waals surface area contributed by atoms with Gasteiger partial charge in [-0.1, -0.05) is 0 Å². The standard InChI is InChI=1S/C18H28N4O3/c1-12-15(13(2)21(4)19-12)5-6-16(23)22-9-14-7-8-20(3)10-18(14,11-22)17(24)25/h14H,5-11H2,1-4H3,(H,24,25)/t14-,18-/m0/s1. The zero-order valence-electron chi connectivity index (χ0n) is 15.6. The molecule has 138 valence electrons. The fourth-order valence-electron chi connectivity index (χ4n) is 4.53. The first kappa shape index (κ1) is 17.9. The average Bonchev–Trinajstić information content (AvgIpc) is 3.04. The van der Waals surface area contributed by atoms with Gasteiger partial charge in [-0.2, -0.15) is 5.10 Å². The molecule has 2 fully saturated rings. The zero-order valence-corrected chi connectivity index (χ0v) is 15.6. The van der Waals surface area contributed by atoms with Crippen LogP contribution in [0.15, 0.2) is 0 Å². The van der Waals surface area contributed by atoms with Crippen LogP contribution in [0.4, 0.5) is 0 Å². The van der Waals surface area contributed by atoms with E-state index in [9.17, 15) is 14.7 Å². The number of carboxylic acids is 1. The number of likely N-dealkylation sites (tertiary alicyclic amines) is 2. The molecule has 1 amide bonds. The predicted molar refractivity (Wildman–Crippen MR) is 93.3 cm³/mol. The summed E-state index contributed by atoms with van der Waals surface area (Å²) in [6.07, 6.45) is 1.91. The maximum absolute atomic E-state index is 12.7. The van der Waals surface area contributed by atoms with Gasteiger partial charge in [0.25, 0.3) is 0 Å². The van der Waals surface area contributed by atoms with Gasteiger partial charge in [0.1, 0.15) is 5.41 Å². The fourth-order valence-corrected chi connectivity index (χ4v) is 4.53. The second-order valence-corrected chi connectivity index (χ2v) is 7.73. The Morgan fingerprint density at radius 3 is 2.60 bits per heavy atom. The molecular weight excluding hydrogens is 320 g/mol. The maximum atomic E-state index is 12.7. The van der Waals surface area contributed by atoms with E-state index in [1.807, 2.05) is 32.6 Å². The minimum atomic E-state index is -0.803. The summed E-state index contributed by atoms with van der Waals surface area (Å²) in [5, 5.41) is 14.2. The van der Waals surface area contributed by atoms with Gasteiger partial charge < -0.3 is 14.9 Å². The Balaban J connectivity index is 1.68. The van der Waals surface area contributed by atoms with E-state index in [1.54, 1.807) is 4.90 Å². The minimum absolute atomic E-state index is 0.0559. The van der Waals surface area contributed by atoms with Crippen LogP contribution in [-0.4, -0.2) is 69.8 Å². The molecule has 3 rings (SSSR count). The molecule has 0 radical (unpaired) electrons. The second-order valence-electron chi connectivity index (χ2n) is 7.73. The van der Waals surface area contributed by atoms with E-state index in [-0.39, 0.29) is 11.8 Å². The van der Waals surface area contributed by atoms with Crippen LogP contribution < -0.4 is 0 Å². The third-order valence-corrected chi connectivity index (χ3v) is 6.13. The SMILES string of the molecule is Cc1nn(C)c(C)c1CCC(=O)N1C[C@@H]2CCN(C)C[C@]2(C(=O)O)C1. The first-order valence-electron chi connectivity index (χ1n) is 8.93. The van der Waals surface area contributed by atoms with Crippen molar-refractivity contribution < 1.29 is 14.7 Å². The van der Waals surface area contributed by atoms with Crippen LogP contribution in [0.1, 0.15) is 29.8 Å². The molecule has 0 unspecified atom stereocenters. The highest BCUT2D eigenvalue weighted by atomic mass is 16.4. The number of amides is 1. The van der Waals surface area contributed by atoms with Crippen molar-refractivity contribution in [1.29, 1.82) is 0 Å². The lowest BCUT2D eigenvalue weighted by Gasteiger charge is -2.39. The third kappa shape index (κ3) is 3.05. The summed E-state index contributed by atoms with van der Waals surface area (Å²) in [6, 6.07) is 0. The third-order valence-electron chi connectivity index (χ3n) is 6.13. The summed E-state index contributed by atoms with van der Waals surface area (Å²) < 4.78 is 1.84. The Bertz CT molecular complexity index is 699. The molecule has 0 saturated carbocycles. The number of carboxylic acid groups (broad SMARTS) is 1. The van der Waals surface area contributed by atoms with Crippen molar-refractivity contribution in [3.8, 4) is 0 Å². The highest BCUT2D eigenvalue weighted by Gasteiger charge is 2.55. The molecule has 1 aromatic heterocycles. The van der Waals surface area contributed by atoms with E-state index >= 15 is 0 Å². The van der Waals surface area contributed by atoms with E-state index < -0.39 is 11.4 Å². The molecule has 0 bridgehead atoms. The van der Waals surface area contributed by atoms with Gasteiger partial charge in [-0.15, -0.1) is 0 Å². The number of hydrogen-bond donors (Lipinski definition) is 1. The van der Waals surface area contributed by atoms with Crippen LogP contribution in [0.5, 0.6) is 0 Å². The largest absolute Gasteiger partial charge is 0.481 e. The van der Waals surface area contributed by atoms with Crippen LogP contribution in [0.25, 0.3) is 0 Å². The molecule has 0 aliphatic carbocycles. The molecule has 25 heavy (non-hydrogen) atoms. The molecule has 0 spiro atoms. The number of aryl methyl sites for hydroxylation is 2. The first-order valence-corrected chi connectivity index (χ1v) is 8.93. The second kappa shape index (κ2) is 6.44. The van der Waals surface area contributed by atoms with Crippen LogP contribution in [0.3, 0.4) is 0 Å². The van der Waals surface area contributed by atoms with E-state index in [2.05, 4.69) is 10.00 Å². The molecule has 3 heterocycles. The molecule has 7 nitrogen and oxygen atoms in total. The van der Waals surface area contributed by atoms with E-state index in [1.165, 1.54) is 0 Å². The Morgan fingerprint density at radius 2 is 2.00 bits per heavy atom. The van der Waals surface area contributed by atoms with Crippen LogP contribution in [0, 0.1) is 25.2 Å². The number of carbonyl (C=O) groups excluding carboxylic acids is 1. The lowest BCUT2D eigenvalue weighted by molar-refractivity contribution is -0.154. The number of rotatable bonds is 4. The van der Waals surface area contributed by atoms with Gasteiger partial charge in [-0.3, -0.25) is 14.3 Å². The molecule has 2 atom stereocenters. The monoisotopic (exact) mass is 348 g/mol. The van der Waals surface area contributed by atoms with Crippen molar-refractivity contribution in [3.63, 3.8) is 0 Å². The predicted octanol–water partition coefficient (Wildman–Crippen LogP) is 0.834. The highest BCUT2D eigenvalue weighted by Crippen LogP contribution is 2.42. The normalized spacial score (nSPS) is 26.7. The van der Waals surface area contributed by atoms with Gasteiger partial charge in [0, 0.05) is 38.8 Å². The molecule has 2 aliphatic heterocycles. The molecule has 0 aromatic carbocycles. The first-order chi connectivity index (χ1) is 11.7. The number of nitrogens with zero attached hydrogens (tertiary/aromatic N) is 4. The van der Waals surface area contributed by atoms with Crippen LogP contribution in [0.2, 0.25) is 0 Å². The summed E-state index contributed by atoms with van der Waals surface area (Å²) in [4.78, 5) is 28.5. The van der Waals surface area contributed by atoms with Crippen molar-refractivity contribution in [1.82, 2.24) is 19.6 Å². The Kier molecular flexibility index (Phi) is 4.62. The Labute approximate surface area is 148 Å². The lowest BCUT2D eigenvalue weighted by Crippen LogP contribution is -2.52. The van der Waals surface area contributed by atoms with Gasteiger partial charge in [-0.05, 0) is 51.8 Å². The lowest BCUT2D eigenvalue weighted by atomic mass is 9.73. The van der Waals surface area contributed by atoms with Gasteiger partial charge in [-0.25, -0.2) is 0 Å². The summed E-state index contributed by atoms with van der Waals surface area (Å²) in [5.41, 5.74) is 2.37. The average molecular weight is 348 g/mol. The summed E-state index contributed by atoms with van der Waals surface area (Å²) in [6.45, 7) is 6.31. The molecule has 1 aromatic rings. The summed E-state index contributed by atoms with van der Waals surface area (Å²) in [7, 11) is 3.87. The number of piperidine rings is 1.